The molecule has 16 heavy (non-hydrogen) atoms. The van der Waals surface area contributed by atoms with Crippen LogP contribution >= 0.6 is 0 Å². The zero-order valence-corrected chi connectivity index (χ0v) is 11.6. The molecule has 0 aromatic heterocycles. The Morgan fingerprint density at radius 1 is 1.00 bits per heavy atom. The van der Waals surface area contributed by atoms with E-state index in [4.69, 9.17) is 0 Å². The van der Waals surface area contributed by atoms with E-state index < -0.39 is 0 Å². The molecule has 1 spiro atoms. The molecular formula is C14H28N2. The highest BCUT2D eigenvalue weighted by Crippen LogP contribution is 2.41. The molecule has 0 N–H and O–H groups in total. The van der Waals surface area contributed by atoms with Crippen molar-refractivity contribution in [2.45, 2.75) is 52.5 Å². The Hall–Kier alpha value is -0.0800. The van der Waals surface area contributed by atoms with Gasteiger partial charge in [-0.2, -0.15) is 0 Å². The molecule has 2 rings (SSSR count). The van der Waals surface area contributed by atoms with Crippen molar-refractivity contribution >= 4 is 0 Å². The molecule has 0 bridgehead atoms. The first-order valence-corrected chi connectivity index (χ1v) is 6.93. The van der Waals surface area contributed by atoms with Gasteiger partial charge in [0.05, 0.1) is 0 Å². The van der Waals surface area contributed by atoms with Crippen LogP contribution in [0.2, 0.25) is 0 Å². The lowest BCUT2D eigenvalue weighted by Crippen LogP contribution is -2.49. The molecule has 2 aliphatic rings. The Labute approximate surface area is 101 Å². The summed E-state index contributed by atoms with van der Waals surface area (Å²) in [5.74, 6) is 0. The second-order valence-electron chi connectivity index (χ2n) is 6.78. The summed E-state index contributed by atoms with van der Waals surface area (Å²) in [5, 5.41) is 0. The van der Waals surface area contributed by atoms with Gasteiger partial charge in [-0.05, 0) is 71.6 Å². The maximum atomic E-state index is 2.66. The largest absolute Gasteiger partial charge is 0.303 e. The van der Waals surface area contributed by atoms with Gasteiger partial charge in [0, 0.05) is 12.1 Å². The lowest BCUT2D eigenvalue weighted by Gasteiger charge is -2.45. The van der Waals surface area contributed by atoms with Crippen LogP contribution < -0.4 is 0 Å². The molecule has 0 amide bonds. The molecule has 0 unspecified atom stereocenters. The Kier molecular flexibility index (Phi) is 3.33. The average molecular weight is 224 g/mol. The second-order valence-corrected chi connectivity index (χ2v) is 6.78. The van der Waals surface area contributed by atoms with Crippen molar-refractivity contribution in [2.24, 2.45) is 5.41 Å². The molecule has 2 fully saturated rings. The molecule has 2 saturated heterocycles. The second kappa shape index (κ2) is 4.30. The van der Waals surface area contributed by atoms with Gasteiger partial charge in [0.25, 0.3) is 0 Å². The van der Waals surface area contributed by atoms with Crippen LogP contribution in [0.3, 0.4) is 0 Å². The van der Waals surface area contributed by atoms with Crippen LogP contribution in [0.5, 0.6) is 0 Å². The minimum absolute atomic E-state index is 0.366. The van der Waals surface area contributed by atoms with Crippen LogP contribution in [0.1, 0.15) is 47.0 Å². The van der Waals surface area contributed by atoms with Crippen molar-refractivity contribution in [2.75, 3.05) is 32.7 Å². The maximum Gasteiger partial charge on any atom is 0.0125 e. The van der Waals surface area contributed by atoms with Crippen LogP contribution in [0.4, 0.5) is 0 Å². The van der Waals surface area contributed by atoms with Crippen LogP contribution in [0, 0.1) is 5.41 Å². The minimum Gasteiger partial charge on any atom is -0.303 e. The summed E-state index contributed by atoms with van der Waals surface area (Å²) in [5.41, 5.74) is 1.04. The molecular weight excluding hydrogens is 196 g/mol. The first-order valence-electron chi connectivity index (χ1n) is 6.93. The van der Waals surface area contributed by atoms with Gasteiger partial charge in [0.15, 0.2) is 0 Å². The van der Waals surface area contributed by atoms with Gasteiger partial charge in [-0.15, -0.1) is 0 Å². The first kappa shape index (κ1) is 12.4. The molecule has 0 aliphatic carbocycles. The molecule has 94 valence electrons. The van der Waals surface area contributed by atoms with E-state index in [1.807, 2.05) is 0 Å². The Bertz CT molecular complexity index is 234. The molecule has 2 heterocycles. The van der Waals surface area contributed by atoms with Gasteiger partial charge in [0.1, 0.15) is 0 Å². The van der Waals surface area contributed by atoms with E-state index in [1.54, 1.807) is 0 Å². The van der Waals surface area contributed by atoms with Gasteiger partial charge in [-0.25, -0.2) is 0 Å². The summed E-state index contributed by atoms with van der Waals surface area (Å²) in [6.07, 6.45) is 4.28. The zero-order chi connectivity index (χ0) is 11.8. The maximum absolute atomic E-state index is 2.66. The van der Waals surface area contributed by atoms with Crippen molar-refractivity contribution in [3.63, 3.8) is 0 Å². The highest BCUT2D eigenvalue weighted by atomic mass is 15.2. The molecule has 0 aromatic carbocycles. The third-order valence-electron chi connectivity index (χ3n) is 4.74. The Morgan fingerprint density at radius 2 is 1.56 bits per heavy atom. The molecule has 0 saturated carbocycles. The van der Waals surface area contributed by atoms with Crippen LogP contribution in [-0.4, -0.2) is 48.1 Å². The lowest BCUT2D eigenvalue weighted by atomic mass is 9.77. The lowest BCUT2D eigenvalue weighted by molar-refractivity contribution is 0.0465. The number of rotatable bonds is 1. The van der Waals surface area contributed by atoms with Crippen molar-refractivity contribution in [3.05, 3.63) is 0 Å². The Balaban J connectivity index is 1.90. The smallest absolute Gasteiger partial charge is 0.0125 e. The molecule has 2 aliphatic heterocycles. The summed E-state index contributed by atoms with van der Waals surface area (Å²) in [4.78, 5) is 5.29. The van der Waals surface area contributed by atoms with E-state index in [2.05, 4.69) is 37.5 Å². The van der Waals surface area contributed by atoms with Crippen molar-refractivity contribution < 1.29 is 0 Å². The molecule has 0 aromatic rings. The quantitative estimate of drug-likeness (QED) is 0.675. The Morgan fingerprint density at radius 3 is 2.00 bits per heavy atom. The topological polar surface area (TPSA) is 6.48 Å². The third-order valence-corrected chi connectivity index (χ3v) is 4.74. The molecule has 2 nitrogen and oxygen atoms in total. The van der Waals surface area contributed by atoms with Crippen molar-refractivity contribution in [3.8, 4) is 0 Å². The highest BCUT2D eigenvalue weighted by Gasteiger charge is 2.41. The summed E-state index contributed by atoms with van der Waals surface area (Å²) >= 11 is 0. The third kappa shape index (κ3) is 2.43. The average Bonchev–Trinajstić information content (AvgIpc) is 2.61. The van der Waals surface area contributed by atoms with Gasteiger partial charge < -0.3 is 4.90 Å². The minimum atomic E-state index is 0.366. The summed E-state index contributed by atoms with van der Waals surface area (Å²) in [6.45, 7) is 15.9. The number of hydrogen-bond acceptors (Lipinski definition) is 2. The normalized spacial score (nSPS) is 27.8. The van der Waals surface area contributed by atoms with Crippen LogP contribution in [0.25, 0.3) is 0 Å². The molecule has 0 atom stereocenters. The van der Waals surface area contributed by atoms with Gasteiger partial charge in [-0.3, -0.25) is 4.90 Å². The van der Waals surface area contributed by atoms with E-state index in [1.165, 1.54) is 52.0 Å². The zero-order valence-electron chi connectivity index (χ0n) is 11.6. The number of likely N-dealkylation sites (tertiary alicyclic amines) is 2. The fourth-order valence-corrected chi connectivity index (χ4v) is 3.36. The first-order chi connectivity index (χ1) is 7.45. The van der Waals surface area contributed by atoms with Crippen molar-refractivity contribution in [1.29, 1.82) is 0 Å². The predicted molar refractivity (Wildman–Crippen MR) is 69.7 cm³/mol. The fraction of sp³-hybridized carbons (Fsp3) is 1.00. The van der Waals surface area contributed by atoms with E-state index in [0.29, 0.717) is 11.0 Å². The monoisotopic (exact) mass is 224 g/mol. The SMILES string of the molecule is CCN1CCC2(CCN(C(C)(C)C)CC2)C1. The molecule has 0 radical (unpaired) electrons. The number of nitrogens with zero attached hydrogens (tertiary/aromatic N) is 2. The number of hydrogen-bond donors (Lipinski definition) is 0. The molecule has 2 heteroatoms. The summed E-state index contributed by atoms with van der Waals surface area (Å²) in [6, 6.07) is 0. The predicted octanol–water partition coefficient (Wildman–Crippen LogP) is 2.59. The summed E-state index contributed by atoms with van der Waals surface area (Å²) < 4.78 is 0. The van der Waals surface area contributed by atoms with Crippen LogP contribution in [0.15, 0.2) is 0 Å². The van der Waals surface area contributed by atoms with E-state index in [-0.39, 0.29) is 0 Å². The van der Waals surface area contributed by atoms with Gasteiger partial charge in [-0.1, -0.05) is 6.92 Å². The fourth-order valence-electron chi connectivity index (χ4n) is 3.36. The van der Waals surface area contributed by atoms with Gasteiger partial charge >= 0.3 is 0 Å². The van der Waals surface area contributed by atoms with Crippen LogP contribution in [-0.2, 0) is 0 Å². The van der Waals surface area contributed by atoms with Gasteiger partial charge in [0.2, 0.25) is 0 Å². The van der Waals surface area contributed by atoms with Crippen molar-refractivity contribution in [1.82, 2.24) is 9.80 Å². The van der Waals surface area contributed by atoms with E-state index >= 15 is 0 Å². The van der Waals surface area contributed by atoms with E-state index in [0.717, 1.165) is 0 Å². The van der Waals surface area contributed by atoms with E-state index in [9.17, 15) is 0 Å². The number of piperidine rings is 1. The standard InChI is InChI=1S/C14H28N2/c1-5-15-9-6-14(12-15)7-10-16(11-8-14)13(2,3)4/h5-12H2,1-4H3. The highest BCUT2D eigenvalue weighted by molar-refractivity contribution is 4.95. The summed E-state index contributed by atoms with van der Waals surface area (Å²) in [7, 11) is 0.